The van der Waals surface area contributed by atoms with E-state index in [9.17, 15) is 14.4 Å². The lowest BCUT2D eigenvalue weighted by atomic mass is 10.2. The molecule has 4 N–H and O–H groups in total. The number of hydrogen-bond donors (Lipinski definition) is 3. The summed E-state index contributed by atoms with van der Waals surface area (Å²) in [5.41, 5.74) is 11.2. The highest BCUT2D eigenvalue weighted by Crippen LogP contribution is 2.30. The number of likely N-dealkylation sites (tertiary alicyclic amines) is 3. The number of pyridine rings is 3. The second-order valence-corrected chi connectivity index (χ2v) is 22.6. The van der Waals surface area contributed by atoms with Gasteiger partial charge in [0.2, 0.25) is 17.2 Å². The molecule has 0 radical (unpaired) electrons. The zero-order valence-corrected chi connectivity index (χ0v) is 48.8. The zero-order chi connectivity index (χ0) is 56.2. The van der Waals surface area contributed by atoms with Gasteiger partial charge in [0.25, 0.3) is 17.7 Å². The normalized spacial score (nSPS) is 14.4. The van der Waals surface area contributed by atoms with E-state index in [4.69, 9.17) is 17.3 Å². The van der Waals surface area contributed by atoms with Crippen molar-refractivity contribution in [2.75, 3.05) is 56.9 Å². The molecule has 3 amide bonds. The summed E-state index contributed by atoms with van der Waals surface area (Å²) in [5, 5.41) is 9.15. The van der Waals surface area contributed by atoms with E-state index in [1.165, 1.54) is 34.0 Å². The van der Waals surface area contributed by atoms with Gasteiger partial charge in [-0.3, -0.25) is 34.1 Å². The average Bonchev–Trinajstić information content (AvgIpc) is 4.11. The van der Waals surface area contributed by atoms with Crippen LogP contribution in [0.3, 0.4) is 0 Å². The fraction of sp³-hybridized carbons (Fsp3) is 0.365. The molecule has 0 aliphatic carbocycles. The fourth-order valence-corrected chi connectivity index (χ4v) is 10.5. The van der Waals surface area contributed by atoms with E-state index >= 15 is 0 Å². The van der Waals surface area contributed by atoms with Gasteiger partial charge in [-0.05, 0) is 118 Å². The number of aryl methyl sites for hydroxylation is 3. The molecule has 0 unspecified atom stereocenters. The third kappa shape index (κ3) is 14.7. The molecule has 410 valence electrons. The van der Waals surface area contributed by atoms with Gasteiger partial charge in [-0.2, -0.15) is 15.0 Å². The van der Waals surface area contributed by atoms with E-state index in [1.807, 2.05) is 106 Å². The van der Waals surface area contributed by atoms with Crippen LogP contribution in [0.15, 0.2) is 77.9 Å². The average molecular weight is 1160 g/mol. The summed E-state index contributed by atoms with van der Waals surface area (Å²) in [5.74, 6) is 0.639. The minimum absolute atomic E-state index is 0.0455. The quantitative estimate of drug-likeness (QED) is 0.0848. The summed E-state index contributed by atoms with van der Waals surface area (Å²) in [6.45, 7) is 16.3. The van der Waals surface area contributed by atoms with Crippen LogP contribution in [-0.2, 0) is 0 Å². The molecule has 0 aromatic carbocycles. The minimum atomic E-state index is -0.0784. The molecule has 9 aromatic heterocycles. The summed E-state index contributed by atoms with van der Waals surface area (Å²) in [6.07, 6.45) is 8.39. The van der Waals surface area contributed by atoms with Crippen molar-refractivity contribution in [3.05, 3.63) is 128 Å². The van der Waals surface area contributed by atoms with Crippen LogP contribution in [0.1, 0.15) is 122 Å². The van der Waals surface area contributed by atoms with E-state index in [0.717, 1.165) is 105 Å². The van der Waals surface area contributed by atoms with Crippen molar-refractivity contribution in [1.29, 1.82) is 0 Å². The maximum absolute atomic E-state index is 12.7. The molecule has 0 spiro atoms. The molecule has 0 saturated carbocycles. The zero-order valence-electron chi connectivity index (χ0n) is 44.6. The smallest absolute Gasteiger partial charge is 0.274 e. The van der Waals surface area contributed by atoms with Gasteiger partial charge in [0.1, 0.15) is 14.1 Å². The van der Waals surface area contributed by atoms with Gasteiger partial charge in [0, 0.05) is 70.9 Å². The van der Waals surface area contributed by atoms with E-state index < -0.39 is 0 Å². The predicted molar refractivity (Wildman–Crippen MR) is 312 cm³/mol. The number of thiazole rings is 3. The number of nitrogens with one attached hydrogen (secondary N) is 2. The fourth-order valence-electron chi connectivity index (χ4n) is 7.77. The summed E-state index contributed by atoms with van der Waals surface area (Å²) in [4.78, 5) is 94.9. The second-order valence-electron chi connectivity index (χ2n) is 18.2. The van der Waals surface area contributed by atoms with Crippen LogP contribution >= 0.6 is 54.6 Å². The topological polar surface area (TPSA) is 278 Å². The molecule has 3 atom stereocenters. The number of amides is 3. The molecule has 12 heterocycles. The Morgan fingerprint density at radius 3 is 1.16 bits per heavy atom. The van der Waals surface area contributed by atoms with E-state index in [-0.39, 0.29) is 41.1 Å². The van der Waals surface area contributed by atoms with Crippen LogP contribution in [0.4, 0.5) is 11.9 Å². The van der Waals surface area contributed by atoms with E-state index in [2.05, 4.69) is 84.2 Å². The van der Waals surface area contributed by atoms with E-state index in [0.29, 0.717) is 45.9 Å². The highest BCUT2D eigenvalue weighted by Gasteiger charge is 2.30. The Kier molecular flexibility index (Phi) is 19.8. The third-order valence-electron chi connectivity index (χ3n) is 12.2. The Morgan fingerprint density at radius 1 is 0.544 bits per heavy atom. The van der Waals surface area contributed by atoms with Crippen molar-refractivity contribution in [2.45, 2.75) is 78.9 Å². The van der Waals surface area contributed by atoms with Crippen molar-refractivity contribution < 1.29 is 14.4 Å². The first-order chi connectivity index (χ1) is 38.1. The lowest BCUT2D eigenvalue weighted by molar-refractivity contribution is 0.0641. The van der Waals surface area contributed by atoms with Crippen LogP contribution in [0.5, 0.6) is 0 Å². The standard InChI is InChI=1S/2C17H18N6OS.C10H9ClN4OS.C7H10N2.CH4NP/c2*1-10(12-6-3-4-7-18-12)19-17-21-13(16(24)23-8-5-9-23)14-15(22-17)20-11(2)25-14;1-5-12-8-7(17-5)6(13-10(11)14-8)9(16)15-3-2-4-15;1-6(8)7-4-2-3-5-9-7;1-2-3/h2*3-4,6-7,10H,5,8-9H2,1-2H3,(H,19,21,22);2-4H2,1H3;2-6H,8H2,1H3;3H,1H3/t2*10-;;6-;/m00.0./s1. The molecule has 3 saturated heterocycles. The van der Waals surface area contributed by atoms with Gasteiger partial charge in [0.05, 0.1) is 44.2 Å². The number of halogens is 1. The molecule has 27 heteroatoms. The number of carbonyl (C=O) groups is 3. The van der Waals surface area contributed by atoms with Crippen molar-refractivity contribution in [3.8, 4) is 0 Å². The first-order valence-electron chi connectivity index (χ1n) is 25.4. The first-order valence-corrected chi connectivity index (χ1v) is 28.6. The maximum atomic E-state index is 12.7. The van der Waals surface area contributed by atoms with Crippen molar-refractivity contribution >= 4 is 115 Å². The van der Waals surface area contributed by atoms with Crippen molar-refractivity contribution in [2.24, 2.45) is 10.5 Å². The van der Waals surface area contributed by atoms with Gasteiger partial charge >= 0.3 is 0 Å². The number of anilines is 2. The largest absolute Gasteiger partial charge is 0.346 e. The molecule has 79 heavy (non-hydrogen) atoms. The number of nitrogens with two attached hydrogens (primary N) is 1. The minimum Gasteiger partial charge on any atom is -0.346 e. The number of hydrogen-bond acceptors (Lipinski definition) is 22. The summed E-state index contributed by atoms with van der Waals surface area (Å²) in [6, 6.07) is 17.1. The molecule has 0 bridgehead atoms. The highest BCUT2D eigenvalue weighted by molar-refractivity contribution is 7.19. The summed E-state index contributed by atoms with van der Waals surface area (Å²) >= 11 is 10.2. The van der Waals surface area contributed by atoms with Gasteiger partial charge in [0.15, 0.2) is 34.0 Å². The Labute approximate surface area is 475 Å². The van der Waals surface area contributed by atoms with Gasteiger partial charge in [-0.1, -0.05) is 18.2 Å². The SMILES string of the molecule is CN=P.C[C@H](N)c1ccccn1.Cc1nc2nc(Cl)nc(C(=O)N3CCC3)c2s1.Cc1nc2nc(N[C@@H](C)c3ccccn3)nc(C(=O)N3CCC3)c2s1.Cc1nc2nc(N[C@@H](C)c3ccccn3)nc(C(=O)N3CCC3)c2s1. The maximum Gasteiger partial charge on any atom is 0.274 e. The molecule has 12 rings (SSSR count). The lowest BCUT2D eigenvalue weighted by Crippen LogP contribution is -2.42. The molecule has 3 aliphatic rings. The van der Waals surface area contributed by atoms with E-state index in [1.54, 1.807) is 30.5 Å². The Morgan fingerprint density at radius 2 is 0.873 bits per heavy atom. The molecular weight excluding hydrogens is 1100 g/mol. The third-order valence-corrected chi connectivity index (χ3v) is 15.3. The number of fused-ring (bicyclic) bond motifs is 3. The number of carbonyl (C=O) groups excluding carboxylic acids is 3. The van der Waals surface area contributed by atoms with Gasteiger partial charge in [-0.15, -0.1) is 34.0 Å². The molecular formula is C52H59ClN19O3PS3. The number of aromatic nitrogens is 12. The monoisotopic (exact) mass is 1160 g/mol. The second kappa shape index (κ2) is 27.1. The van der Waals surface area contributed by atoms with Crippen molar-refractivity contribution in [1.82, 2.24) is 74.5 Å². The Bertz CT molecular complexity index is 3390. The first kappa shape index (κ1) is 57.9. The van der Waals surface area contributed by atoms with Crippen LogP contribution in [0, 0.1) is 20.8 Å². The molecule has 3 fully saturated rings. The van der Waals surface area contributed by atoms with Gasteiger partial charge in [-0.25, -0.2) is 29.9 Å². The Hall–Kier alpha value is -7.28. The predicted octanol–water partition coefficient (Wildman–Crippen LogP) is 9.56. The van der Waals surface area contributed by atoms with Crippen molar-refractivity contribution in [3.63, 3.8) is 0 Å². The summed E-state index contributed by atoms with van der Waals surface area (Å²) < 4.78 is 5.54. The molecule has 3 aliphatic heterocycles. The van der Waals surface area contributed by atoms with Crippen LogP contribution in [0.25, 0.3) is 31.0 Å². The Balaban J connectivity index is 0.000000143. The number of nitrogens with zero attached hydrogens (tertiary/aromatic N) is 16. The highest BCUT2D eigenvalue weighted by atomic mass is 35.5. The lowest BCUT2D eigenvalue weighted by Gasteiger charge is -2.30. The molecule has 9 aromatic rings. The number of rotatable bonds is 10. The van der Waals surface area contributed by atoms with Crippen LogP contribution < -0.4 is 16.4 Å². The molecule has 22 nitrogen and oxygen atoms in total. The van der Waals surface area contributed by atoms with Gasteiger partial charge < -0.3 is 31.1 Å². The van der Waals surface area contributed by atoms with Crippen LogP contribution in [0.2, 0.25) is 5.28 Å². The summed E-state index contributed by atoms with van der Waals surface area (Å²) in [7, 11) is 4.47. The van der Waals surface area contributed by atoms with Crippen LogP contribution in [-0.4, -0.2) is 139 Å².